The Kier molecular flexibility index (Phi) is 5.25. The highest BCUT2D eigenvalue weighted by molar-refractivity contribution is 6.07. The summed E-state index contributed by atoms with van der Waals surface area (Å²) >= 11 is 0. The van der Waals surface area contributed by atoms with Gasteiger partial charge in [-0.25, -0.2) is 9.38 Å². The predicted octanol–water partition coefficient (Wildman–Crippen LogP) is 3.96. The lowest BCUT2D eigenvalue weighted by molar-refractivity contribution is -0.124. The van der Waals surface area contributed by atoms with Crippen LogP contribution < -0.4 is 10.6 Å². The van der Waals surface area contributed by atoms with Gasteiger partial charge in [-0.2, -0.15) is 5.10 Å². The third-order valence-corrected chi connectivity index (χ3v) is 4.43. The van der Waals surface area contributed by atoms with Gasteiger partial charge in [-0.1, -0.05) is 19.3 Å². The molecule has 1 aromatic carbocycles. The normalized spacial score (nSPS) is 16.7. The Morgan fingerprint density at radius 1 is 1.27 bits per heavy atom. The lowest BCUT2D eigenvalue weighted by Gasteiger charge is -2.23. The first-order valence-electron chi connectivity index (χ1n) is 9.13. The quantitative estimate of drug-likeness (QED) is 0.560. The van der Waals surface area contributed by atoms with Crippen LogP contribution in [0.25, 0.3) is 10.9 Å². The van der Waals surface area contributed by atoms with Crippen LogP contribution in [0.3, 0.4) is 0 Å². The van der Waals surface area contributed by atoms with Gasteiger partial charge in [-0.05, 0) is 51.8 Å². The second-order valence-electron chi connectivity index (χ2n) is 7.84. The molecule has 2 aromatic rings. The molecule has 0 radical (unpaired) electrons. The smallest absolute Gasteiger partial charge is 0.229 e. The number of anilines is 1. The molecule has 140 valence electrons. The van der Waals surface area contributed by atoms with Crippen molar-refractivity contribution in [3.8, 4) is 0 Å². The molecule has 1 aliphatic carbocycles. The maximum atomic E-state index is 13.4. The number of guanidine groups is 1. The standard InChI is InChI=1S/C19H26FN5O/c1-19(2,3)23-18(22-17(26)12-7-5-4-6-8-12)21-16-14-10-9-13(20)11-15(14)24-25-16/h9-12H,4-8H2,1-3H3,(H3,21,22,23,24,25,26). The van der Waals surface area contributed by atoms with Gasteiger partial charge >= 0.3 is 0 Å². The molecule has 3 rings (SSSR count). The van der Waals surface area contributed by atoms with Crippen LogP contribution in [0.1, 0.15) is 52.9 Å². The number of nitrogens with one attached hydrogen (secondary N) is 3. The van der Waals surface area contributed by atoms with E-state index in [0.29, 0.717) is 17.3 Å². The molecule has 26 heavy (non-hydrogen) atoms. The van der Waals surface area contributed by atoms with Gasteiger partial charge in [0.1, 0.15) is 5.82 Å². The molecular weight excluding hydrogens is 333 g/mol. The molecule has 1 aromatic heterocycles. The van der Waals surface area contributed by atoms with E-state index in [-0.39, 0.29) is 23.2 Å². The Hall–Kier alpha value is -2.44. The first-order chi connectivity index (χ1) is 12.3. The van der Waals surface area contributed by atoms with E-state index < -0.39 is 0 Å². The van der Waals surface area contributed by atoms with Crippen LogP contribution in [0, 0.1) is 11.7 Å². The van der Waals surface area contributed by atoms with E-state index in [1.165, 1.54) is 18.6 Å². The minimum Gasteiger partial charge on any atom is -0.309 e. The number of aliphatic imine (C=N–C) groups is 1. The third-order valence-electron chi connectivity index (χ3n) is 4.43. The number of benzene rings is 1. The topological polar surface area (TPSA) is 82.2 Å². The molecule has 1 heterocycles. The summed E-state index contributed by atoms with van der Waals surface area (Å²) < 4.78 is 13.4. The molecule has 0 bridgehead atoms. The lowest BCUT2D eigenvalue weighted by Crippen LogP contribution is -2.41. The number of nitrogens with zero attached hydrogens (tertiary/aromatic N) is 2. The van der Waals surface area contributed by atoms with Crippen LogP contribution in [0.2, 0.25) is 0 Å². The number of aromatic nitrogens is 2. The number of rotatable bonds is 2. The molecule has 6 nitrogen and oxygen atoms in total. The van der Waals surface area contributed by atoms with E-state index in [4.69, 9.17) is 0 Å². The average Bonchev–Trinajstić information content (AvgIpc) is 2.96. The van der Waals surface area contributed by atoms with Crippen molar-refractivity contribution in [1.82, 2.24) is 15.5 Å². The van der Waals surface area contributed by atoms with Crippen molar-refractivity contribution in [2.75, 3.05) is 5.32 Å². The molecule has 0 atom stereocenters. The van der Waals surface area contributed by atoms with Gasteiger partial charge in [0.2, 0.25) is 11.9 Å². The van der Waals surface area contributed by atoms with Gasteiger partial charge in [0.05, 0.1) is 11.1 Å². The van der Waals surface area contributed by atoms with Gasteiger partial charge in [0.15, 0.2) is 5.82 Å². The lowest BCUT2D eigenvalue weighted by atomic mass is 9.89. The molecule has 0 unspecified atom stereocenters. The van der Waals surface area contributed by atoms with Gasteiger partial charge in [-0.15, -0.1) is 0 Å². The first-order valence-corrected chi connectivity index (χ1v) is 9.13. The minimum absolute atomic E-state index is 0.00825. The summed E-state index contributed by atoms with van der Waals surface area (Å²) in [4.78, 5) is 17.2. The summed E-state index contributed by atoms with van der Waals surface area (Å²) in [6.07, 6.45) is 5.21. The van der Waals surface area contributed by atoms with Crippen molar-refractivity contribution in [2.24, 2.45) is 10.9 Å². The molecule has 1 aliphatic rings. The Morgan fingerprint density at radius 3 is 2.69 bits per heavy atom. The van der Waals surface area contributed by atoms with Crippen molar-refractivity contribution >= 4 is 28.6 Å². The zero-order valence-corrected chi connectivity index (χ0v) is 15.5. The largest absolute Gasteiger partial charge is 0.309 e. The second kappa shape index (κ2) is 7.43. The highest BCUT2D eigenvalue weighted by Crippen LogP contribution is 2.24. The predicted molar refractivity (Wildman–Crippen MR) is 102 cm³/mol. The summed E-state index contributed by atoms with van der Waals surface area (Å²) in [5.41, 5.74) is 0.210. The number of carbonyl (C=O) groups excluding carboxylic acids is 1. The Morgan fingerprint density at radius 2 is 2.00 bits per heavy atom. The summed E-state index contributed by atoms with van der Waals surface area (Å²) in [5, 5.41) is 13.8. The van der Waals surface area contributed by atoms with E-state index >= 15 is 0 Å². The highest BCUT2D eigenvalue weighted by Gasteiger charge is 2.23. The summed E-state index contributed by atoms with van der Waals surface area (Å²) in [6.45, 7) is 5.87. The summed E-state index contributed by atoms with van der Waals surface area (Å²) in [6, 6.07) is 4.41. The van der Waals surface area contributed by atoms with Crippen molar-refractivity contribution in [3.05, 3.63) is 24.0 Å². The maximum Gasteiger partial charge on any atom is 0.229 e. The minimum atomic E-state index is -0.375. The van der Waals surface area contributed by atoms with E-state index in [9.17, 15) is 9.18 Å². The highest BCUT2D eigenvalue weighted by atomic mass is 19.1. The van der Waals surface area contributed by atoms with E-state index in [1.54, 1.807) is 6.07 Å². The number of H-pyrrole nitrogens is 1. The molecule has 7 heteroatoms. The van der Waals surface area contributed by atoms with Crippen LogP contribution in [-0.2, 0) is 4.79 Å². The van der Waals surface area contributed by atoms with Crippen molar-refractivity contribution in [1.29, 1.82) is 0 Å². The van der Waals surface area contributed by atoms with Crippen LogP contribution >= 0.6 is 0 Å². The fourth-order valence-electron chi connectivity index (χ4n) is 3.21. The van der Waals surface area contributed by atoms with Crippen molar-refractivity contribution < 1.29 is 9.18 Å². The zero-order valence-electron chi connectivity index (χ0n) is 15.5. The number of fused-ring (bicyclic) bond motifs is 1. The SMILES string of the molecule is CC(C)(C)N=C(NC(=O)C1CCCCC1)Nc1n[nH]c2cc(F)ccc12. The van der Waals surface area contributed by atoms with E-state index in [1.807, 2.05) is 20.8 Å². The summed E-state index contributed by atoms with van der Waals surface area (Å²) in [5.74, 6) is 0.562. The average molecular weight is 359 g/mol. The molecule has 0 spiro atoms. The third kappa shape index (κ3) is 4.59. The van der Waals surface area contributed by atoms with E-state index in [0.717, 1.165) is 31.1 Å². The second-order valence-corrected chi connectivity index (χ2v) is 7.84. The van der Waals surface area contributed by atoms with Crippen LogP contribution in [0.5, 0.6) is 0 Å². The molecule has 0 saturated heterocycles. The zero-order chi connectivity index (χ0) is 18.7. The van der Waals surface area contributed by atoms with Gasteiger partial charge < -0.3 is 5.32 Å². The Balaban J connectivity index is 1.81. The fourth-order valence-corrected chi connectivity index (χ4v) is 3.21. The van der Waals surface area contributed by atoms with Gasteiger partial charge in [0, 0.05) is 11.3 Å². The van der Waals surface area contributed by atoms with Gasteiger partial charge in [-0.3, -0.25) is 15.2 Å². The molecular formula is C19H26FN5O. The first kappa shape index (κ1) is 18.4. The molecule has 1 saturated carbocycles. The Bertz CT molecular complexity index is 815. The number of hydrogen-bond acceptors (Lipinski definition) is 3. The number of amides is 1. The van der Waals surface area contributed by atoms with Crippen LogP contribution in [-0.4, -0.2) is 27.6 Å². The van der Waals surface area contributed by atoms with Gasteiger partial charge in [0.25, 0.3) is 0 Å². The van der Waals surface area contributed by atoms with Crippen LogP contribution in [0.4, 0.5) is 10.2 Å². The van der Waals surface area contributed by atoms with Crippen molar-refractivity contribution in [3.63, 3.8) is 0 Å². The summed E-state index contributed by atoms with van der Waals surface area (Å²) in [7, 11) is 0. The Labute approximate surface area is 152 Å². The van der Waals surface area contributed by atoms with Crippen LogP contribution in [0.15, 0.2) is 23.2 Å². The number of carbonyl (C=O) groups is 1. The number of aromatic amines is 1. The number of hydrogen-bond donors (Lipinski definition) is 3. The maximum absolute atomic E-state index is 13.4. The monoisotopic (exact) mass is 359 g/mol. The molecule has 3 N–H and O–H groups in total. The molecule has 0 aliphatic heterocycles. The molecule has 1 fully saturated rings. The van der Waals surface area contributed by atoms with Crippen molar-refractivity contribution in [2.45, 2.75) is 58.4 Å². The number of halogens is 1. The van der Waals surface area contributed by atoms with E-state index in [2.05, 4.69) is 25.8 Å². The fraction of sp³-hybridized carbons (Fsp3) is 0.526. The molecule has 1 amide bonds.